The molecule has 1 amide bonds. The van der Waals surface area contributed by atoms with Crippen LogP contribution in [0.4, 0.5) is 11.5 Å². The molecule has 2 N–H and O–H groups in total. The van der Waals surface area contributed by atoms with E-state index in [9.17, 15) is 4.79 Å². The van der Waals surface area contributed by atoms with E-state index in [0.717, 1.165) is 27.0 Å². The first-order valence-corrected chi connectivity index (χ1v) is 10.7. The van der Waals surface area contributed by atoms with Gasteiger partial charge in [0.05, 0.1) is 12.2 Å². The summed E-state index contributed by atoms with van der Waals surface area (Å²) in [6.45, 7) is 0. The molecule has 1 aliphatic rings. The van der Waals surface area contributed by atoms with E-state index < -0.39 is 0 Å². The number of hydrogen-bond donors (Lipinski definition) is 2. The summed E-state index contributed by atoms with van der Waals surface area (Å²) in [5.41, 5.74) is 4.30. The Kier molecular flexibility index (Phi) is 5.14. The zero-order valence-corrected chi connectivity index (χ0v) is 18.1. The van der Waals surface area contributed by atoms with Crippen molar-refractivity contribution in [1.82, 2.24) is 9.78 Å². The maximum absolute atomic E-state index is 13.0. The van der Waals surface area contributed by atoms with Gasteiger partial charge in [-0.05, 0) is 41.5 Å². The van der Waals surface area contributed by atoms with Crippen molar-refractivity contribution in [2.24, 2.45) is 0 Å². The number of benzene rings is 3. The number of aromatic nitrogens is 2. The van der Waals surface area contributed by atoms with Gasteiger partial charge in [-0.25, -0.2) is 4.68 Å². The van der Waals surface area contributed by atoms with Crippen molar-refractivity contribution in [2.75, 3.05) is 10.6 Å². The van der Waals surface area contributed by atoms with Crippen LogP contribution in [-0.4, -0.2) is 15.7 Å². The molecule has 5 nitrogen and oxygen atoms in total. The molecule has 3 aromatic carbocycles. The van der Waals surface area contributed by atoms with Crippen molar-refractivity contribution in [2.45, 2.75) is 6.04 Å². The first-order chi connectivity index (χ1) is 15.2. The van der Waals surface area contributed by atoms with Crippen LogP contribution in [0.5, 0.6) is 0 Å². The van der Waals surface area contributed by atoms with Crippen molar-refractivity contribution in [3.63, 3.8) is 0 Å². The van der Waals surface area contributed by atoms with E-state index in [0.29, 0.717) is 11.4 Å². The average molecular weight is 471 g/mol. The molecular weight excluding hydrogens is 452 g/mol. The smallest absolute Gasteiger partial charge is 0.261 e. The predicted molar refractivity (Wildman–Crippen MR) is 127 cm³/mol. The van der Waals surface area contributed by atoms with Crippen LogP contribution in [0.15, 0.2) is 102 Å². The molecule has 0 unspecified atom stereocenters. The molecule has 0 aliphatic carbocycles. The van der Waals surface area contributed by atoms with E-state index in [4.69, 9.17) is 0 Å². The Morgan fingerprint density at radius 1 is 0.935 bits per heavy atom. The van der Waals surface area contributed by atoms with Gasteiger partial charge in [-0.1, -0.05) is 76.6 Å². The number of para-hydroxylation sites is 1. The number of fused-ring (bicyclic) bond motifs is 1. The first kappa shape index (κ1) is 19.3. The second-order valence-electron chi connectivity index (χ2n) is 7.24. The van der Waals surface area contributed by atoms with Crippen molar-refractivity contribution in [1.29, 1.82) is 0 Å². The van der Waals surface area contributed by atoms with E-state index >= 15 is 0 Å². The fourth-order valence-corrected chi connectivity index (χ4v) is 3.93. The maximum Gasteiger partial charge on any atom is 0.261 e. The third kappa shape index (κ3) is 3.90. The molecular formula is C25H19BrN4O. The number of rotatable bonds is 4. The van der Waals surface area contributed by atoms with Crippen LogP contribution in [0.1, 0.15) is 27.5 Å². The Bertz CT molecular complexity index is 1250. The molecule has 0 saturated carbocycles. The van der Waals surface area contributed by atoms with Gasteiger partial charge in [0, 0.05) is 15.9 Å². The molecule has 1 atom stereocenters. The zero-order chi connectivity index (χ0) is 21.2. The fourth-order valence-electron chi connectivity index (χ4n) is 3.67. The lowest BCUT2D eigenvalue weighted by Gasteiger charge is -2.26. The van der Waals surface area contributed by atoms with Crippen LogP contribution in [-0.2, 0) is 0 Å². The molecule has 0 radical (unpaired) electrons. The lowest BCUT2D eigenvalue weighted by molar-refractivity contribution is 0.102. The highest BCUT2D eigenvalue weighted by molar-refractivity contribution is 9.10. The molecule has 0 fully saturated rings. The van der Waals surface area contributed by atoms with Gasteiger partial charge in [0.25, 0.3) is 5.91 Å². The van der Waals surface area contributed by atoms with Gasteiger partial charge in [-0.3, -0.25) is 4.79 Å². The summed E-state index contributed by atoms with van der Waals surface area (Å²) in [6.07, 6.45) is 3.76. The van der Waals surface area contributed by atoms with Gasteiger partial charge < -0.3 is 10.6 Å². The fraction of sp³-hybridized carbons (Fsp3) is 0.0400. The maximum atomic E-state index is 13.0. The van der Waals surface area contributed by atoms with Gasteiger partial charge in [0.1, 0.15) is 11.4 Å². The highest BCUT2D eigenvalue weighted by Crippen LogP contribution is 2.35. The minimum atomic E-state index is -0.205. The van der Waals surface area contributed by atoms with E-state index in [-0.39, 0.29) is 11.9 Å². The van der Waals surface area contributed by atoms with E-state index in [1.807, 2.05) is 77.5 Å². The lowest BCUT2D eigenvalue weighted by atomic mass is 10.0. The Labute approximate surface area is 188 Å². The number of nitrogens with zero attached hydrogens (tertiary/aromatic N) is 2. The minimum absolute atomic E-state index is 0.141. The van der Waals surface area contributed by atoms with Crippen LogP contribution < -0.4 is 10.6 Å². The van der Waals surface area contributed by atoms with Crippen molar-refractivity contribution in [3.8, 4) is 0 Å². The van der Waals surface area contributed by atoms with Crippen molar-refractivity contribution in [3.05, 3.63) is 118 Å². The molecule has 6 heteroatoms. The summed E-state index contributed by atoms with van der Waals surface area (Å²) in [5.74, 6) is 0.464. The van der Waals surface area contributed by atoms with E-state index in [1.165, 1.54) is 0 Å². The van der Waals surface area contributed by atoms with Gasteiger partial charge in [0.2, 0.25) is 0 Å². The van der Waals surface area contributed by atoms with Gasteiger partial charge in [-0.2, -0.15) is 5.10 Å². The summed E-state index contributed by atoms with van der Waals surface area (Å²) < 4.78 is 2.87. The summed E-state index contributed by atoms with van der Waals surface area (Å²) in [5, 5.41) is 10.9. The number of amides is 1. The minimum Gasteiger partial charge on any atom is -0.339 e. The number of nitrogens with one attached hydrogen (secondary N) is 2. The highest BCUT2D eigenvalue weighted by atomic mass is 79.9. The zero-order valence-electron chi connectivity index (χ0n) is 16.5. The van der Waals surface area contributed by atoms with E-state index in [2.05, 4.69) is 49.9 Å². The number of carbonyl (C=O) groups is 1. The molecule has 0 saturated heterocycles. The SMILES string of the molecule is O=C(Nc1ccccc1)c1cnn2c1NC(c1ccccc1)=C[C@H]2c1ccc(Br)cc1. The molecule has 31 heavy (non-hydrogen) atoms. The highest BCUT2D eigenvalue weighted by Gasteiger charge is 2.27. The summed E-state index contributed by atoms with van der Waals surface area (Å²) in [4.78, 5) is 13.0. The molecule has 0 bridgehead atoms. The second-order valence-corrected chi connectivity index (χ2v) is 8.16. The van der Waals surface area contributed by atoms with Crippen LogP contribution in [0, 0.1) is 0 Å². The molecule has 152 valence electrons. The topological polar surface area (TPSA) is 59.0 Å². The average Bonchev–Trinajstić information content (AvgIpc) is 3.24. The Balaban J connectivity index is 1.56. The summed E-state index contributed by atoms with van der Waals surface area (Å²) >= 11 is 3.50. The first-order valence-electron chi connectivity index (χ1n) is 9.93. The third-order valence-corrected chi connectivity index (χ3v) is 5.74. The monoisotopic (exact) mass is 470 g/mol. The van der Waals surface area contributed by atoms with Crippen molar-refractivity contribution < 1.29 is 4.79 Å². The quantitative estimate of drug-likeness (QED) is 0.387. The van der Waals surface area contributed by atoms with Crippen molar-refractivity contribution >= 4 is 39.0 Å². The number of anilines is 2. The molecule has 1 aliphatic heterocycles. The van der Waals surface area contributed by atoms with Gasteiger partial charge in [0.15, 0.2) is 0 Å². The largest absolute Gasteiger partial charge is 0.339 e. The normalized spacial score (nSPS) is 14.9. The van der Waals surface area contributed by atoms with Crippen LogP contribution >= 0.6 is 15.9 Å². The van der Waals surface area contributed by atoms with Crippen LogP contribution in [0.25, 0.3) is 5.70 Å². The second kappa shape index (κ2) is 8.24. The third-order valence-electron chi connectivity index (χ3n) is 5.21. The number of halogens is 1. The predicted octanol–water partition coefficient (Wildman–Crippen LogP) is 5.95. The Morgan fingerprint density at radius 2 is 1.61 bits per heavy atom. The Morgan fingerprint density at radius 3 is 2.32 bits per heavy atom. The molecule has 5 rings (SSSR count). The van der Waals surface area contributed by atoms with Crippen LogP contribution in [0.3, 0.4) is 0 Å². The van der Waals surface area contributed by atoms with Crippen LogP contribution in [0.2, 0.25) is 0 Å². The standard InChI is InChI=1S/C25H19BrN4O/c26-19-13-11-18(12-14-19)23-15-22(17-7-3-1-4-8-17)29-24-21(16-27-30(23)24)25(31)28-20-9-5-2-6-10-20/h1-16,23,29H,(H,28,31)/t23-/m0/s1. The number of hydrogen-bond acceptors (Lipinski definition) is 3. The molecule has 0 spiro atoms. The number of carbonyl (C=O) groups excluding carboxylic acids is 1. The van der Waals surface area contributed by atoms with Gasteiger partial charge in [-0.15, -0.1) is 0 Å². The van der Waals surface area contributed by atoms with Gasteiger partial charge >= 0.3 is 0 Å². The molecule has 2 heterocycles. The molecule has 1 aromatic heterocycles. The van der Waals surface area contributed by atoms with E-state index in [1.54, 1.807) is 6.20 Å². The summed E-state index contributed by atoms with van der Waals surface area (Å²) in [6, 6.07) is 27.5. The summed E-state index contributed by atoms with van der Waals surface area (Å²) in [7, 11) is 0. The number of allylic oxidation sites excluding steroid dienone is 1. The lowest BCUT2D eigenvalue weighted by Crippen LogP contribution is -2.22. The molecule has 4 aromatic rings. The Hall–Kier alpha value is -3.64.